The van der Waals surface area contributed by atoms with E-state index in [1.807, 2.05) is 0 Å². The van der Waals surface area contributed by atoms with Crippen LogP contribution in [0.3, 0.4) is 0 Å². The van der Waals surface area contributed by atoms with Gasteiger partial charge in [-0.15, -0.1) is 0 Å². The van der Waals surface area contributed by atoms with E-state index >= 15 is 0 Å². The lowest BCUT2D eigenvalue weighted by atomic mass is 9.93. The second-order valence-electron chi connectivity index (χ2n) is 5.49. The molecule has 5 nitrogen and oxygen atoms in total. The fraction of sp³-hybridized carbons (Fsp3) is 0.846. The van der Waals surface area contributed by atoms with E-state index in [9.17, 15) is 9.59 Å². The number of carbonyl (C=O) groups is 2. The third kappa shape index (κ3) is 2.83. The van der Waals surface area contributed by atoms with Gasteiger partial charge in [0, 0.05) is 39.1 Å². The molecular formula is C13H21NO4. The predicted octanol–water partition coefficient (Wildman–Crippen LogP) is 1.13. The highest BCUT2D eigenvalue weighted by Crippen LogP contribution is 2.59. The predicted molar refractivity (Wildman–Crippen MR) is 65.1 cm³/mol. The lowest BCUT2D eigenvalue weighted by Crippen LogP contribution is -2.32. The van der Waals surface area contributed by atoms with Crippen LogP contribution in [0, 0.1) is 11.3 Å². The first kappa shape index (κ1) is 13.3. The van der Waals surface area contributed by atoms with Crippen molar-refractivity contribution >= 4 is 11.9 Å². The number of amides is 1. The summed E-state index contributed by atoms with van der Waals surface area (Å²) in [6.07, 6.45) is 3.62. The first-order valence-corrected chi connectivity index (χ1v) is 6.60. The molecule has 1 heterocycles. The molecule has 2 fully saturated rings. The third-order valence-electron chi connectivity index (χ3n) is 4.24. The SMILES string of the molecule is CN(CCCC(=O)O)C(=O)[C@H]1CC12CCOCC2. The fourth-order valence-electron chi connectivity index (χ4n) is 2.87. The molecule has 0 bridgehead atoms. The minimum atomic E-state index is -0.803. The number of carboxylic acid groups (broad SMARTS) is 1. The molecule has 2 aliphatic rings. The Morgan fingerprint density at radius 1 is 1.39 bits per heavy atom. The van der Waals surface area contributed by atoms with Gasteiger partial charge in [0.05, 0.1) is 0 Å². The fourth-order valence-corrected chi connectivity index (χ4v) is 2.87. The van der Waals surface area contributed by atoms with Crippen LogP contribution in [0.15, 0.2) is 0 Å². The molecule has 18 heavy (non-hydrogen) atoms. The van der Waals surface area contributed by atoms with Crippen LogP contribution in [0.4, 0.5) is 0 Å². The van der Waals surface area contributed by atoms with Crippen LogP contribution in [0.5, 0.6) is 0 Å². The lowest BCUT2D eigenvalue weighted by molar-refractivity contribution is -0.138. The van der Waals surface area contributed by atoms with E-state index in [2.05, 4.69) is 0 Å². The summed E-state index contributed by atoms with van der Waals surface area (Å²) in [7, 11) is 1.77. The Kier molecular flexibility index (Phi) is 3.90. The second kappa shape index (κ2) is 5.26. The highest BCUT2D eigenvalue weighted by molar-refractivity contribution is 5.82. The molecule has 1 saturated carbocycles. The Labute approximate surface area is 107 Å². The van der Waals surface area contributed by atoms with Gasteiger partial charge in [-0.2, -0.15) is 0 Å². The molecule has 0 aromatic rings. The van der Waals surface area contributed by atoms with Gasteiger partial charge >= 0.3 is 5.97 Å². The molecule has 1 saturated heterocycles. The van der Waals surface area contributed by atoms with Gasteiger partial charge in [-0.1, -0.05) is 0 Å². The van der Waals surface area contributed by atoms with Crippen molar-refractivity contribution in [3.8, 4) is 0 Å². The van der Waals surface area contributed by atoms with Gasteiger partial charge in [0.15, 0.2) is 0 Å². The first-order chi connectivity index (χ1) is 8.55. The molecule has 2 rings (SSSR count). The maximum absolute atomic E-state index is 12.2. The van der Waals surface area contributed by atoms with Gasteiger partial charge in [0.25, 0.3) is 0 Å². The van der Waals surface area contributed by atoms with Gasteiger partial charge < -0.3 is 14.7 Å². The van der Waals surface area contributed by atoms with Crippen molar-refractivity contribution in [3.63, 3.8) is 0 Å². The average molecular weight is 255 g/mol. The zero-order chi connectivity index (χ0) is 13.2. The van der Waals surface area contributed by atoms with Gasteiger partial charge in [0.2, 0.25) is 5.91 Å². The van der Waals surface area contributed by atoms with Gasteiger partial charge in [0.1, 0.15) is 0 Å². The zero-order valence-electron chi connectivity index (χ0n) is 10.9. The highest BCUT2D eigenvalue weighted by atomic mass is 16.5. The zero-order valence-corrected chi connectivity index (χ0v) is 10.9. The van der Waals surface area contributed by atoms with Crippen molar-refractivity contribution in [3.05, 3.63) is 0 Å². The molecule has 1 aliphatic heterocycles. The van der Waals surface area contributed by atoms with E-state index in [4.69, 9.17) is 9.84 Å². The van der Waals surface area contributed by atoms with E-state index in [-0.39, 0.29) is 23.7 Å². The average Bonchev–Trinajstić information content (AvgIpc) is 3.02. The smallest absolute Gasteiger partial charge is 0.303 e. The van der Waals surface area contributed by atoms with Crippen LogP contribution >= 0.6 is 0 Å². The van der Waals surface area contributed by atoms with Gasteiger partial charge in [-0.05, 0) is 31.1 Å². The Balaban J connectivity index is 1.76. The number of hydrogen-bond donors (Lipinski definition) is 1. The first-order valence-electron chi connectivity index (χ1n) is 6.60. The van der Waals surface area contributed by atoms with Crippen LogP contribution in [0.1, 0.15) is 32.1 Å². The number of rotatable bonds is 5. The summed E-state index contributed by atoms with van der Waals surface area (Å²) in [6, 6.07) is 0. The number of carbonyl (C=O) groups excluding carboxylic acids is 1. The van der Waals surface area contributed by atoms with E-state index in [1.165, 1.54) is 0 Å². The normalized spacial score (nSPS) is 24.8. The van der Waals surface area contributed by atoms with E-state index in [0.717, 1.165) is 32.5 Å². The van der Waals surface area contributed by atoms with Crippen LogP contribution < -0.4 is 0 Å². The minimum Gasteiger partial charge on any atom is -0.481 e. The van der Waals surface area contributed by atoms with E-state index in [0.29, 0.717) is 13.0 Å². The summed E-state index contributed by atoms with van der Waals surface area (Å²) in [4.78, 5) is 24.3. The van der Waals surface area contributed by atoms with Crippen LogP contribution in [-0.2, 0) is 14.3 Å². The molecule has 1 N–H and O–H groups in total. The summed E-state index contributed by atoms with van der Waals surface area (Å²) >= 11 is 0. The maximum atomic E-state index is 12.2. The monoisotopic (exact) mass is 255 g/mol. The highest BCUT2D eigenvalue weighted by Gasteiger charge is 2.58. The number of ether oxygens (including phenoxy) is 1. The second-order valence-corrected chi connectivity index (χ2v) is 5.49. The summed E-state index contributed by atoms with van der Waals surface area (Å²) in [5.74, 6) is -0.471. The molecule has 1 spiro atoms. The van der Waals surface area contributed by atoms with Crippen molar-refractivity contribution in [2.24, 2.45) is 11.3 Å². The Bertz CT molecular complexity index is 336. The minimum absolute atomic E-state index is 0.126. The summed E-state index contributed by atoms with van der Waals surface area (Å²) in [5.41, 5.74) is 0.205. The van der Waals surface area contributed by atoms with Crippen molar-refractivity contribution in [1.29, 1.82) is 0 Å². The van der Waals surface area contributed by atoms with Gasteiger partial charge in [-0.3, -0.25) is 9.59 Å². The molecule has 0 radical (unpaired) electrons. The number of aliphatic carboxylic acids is 1. The van der Waals surface area contributed by atoms with Crippen LogP contribution in [-0.4, -0.2) is 48.7 Å². The summed E-state index contributed by atoms with van der Waals surface area (Å²) < 4.78 is 5.33. The van der Waals surface area contributed by atoms with Crippen molar-refractivity contribution < 1.29 is 19.4 Å². The topological polar surface area (TPSA) is 66.8 Å². The standard InChI is InChI=1S/C13H21NO4/c1-14(6-2-3-11(15)16)12(17)10-9-13(10)4-7-18-8-5-13/h10H,2-9H2,1H3,(H,15,16)/t10-/m1/s1. The molecule has 1 amide bonds. The molecule has 1 aliphatic carbocycles. The molecule has 1 atom stereocenters. The summed E-state index contributed by atoms with van der Waals surface area (Å²) in [6.45, 7) is 2.08. The molecule has 0 aromatic heterocycles. The maximum Gasteiger partial charge on any atom is 0.303 e. The third-order valence-corrected chi connectivity index (χ3v) is 4.24. The van der Waals surface area contributed by atoms with Crippen molar-refractivity contribution in [1.82, 2.24) is 4.90 Å². The number of nitrogens with zero attached hydrogens (tertiary/aromatic N) is 1. The molecule has 102 valence electrons. The van der Waals surface area contributed by atoms with E-state index in [1.54, 1.807) is 11.9 Å². The molecular weight excluding hydrogens is 234 g/mol. The summed E-state index contributed by atoms with van der Waals surface area (Å²) in [5, 5.41) is 8.57. The van der Waals surface area contributed by atoms with Crippen LogP contribution in [0.25, 0.3) is 0 Å². The Hall–Kier alpha value is -1.10. The quantitative estimate of drug-likeness (QED) is 0.799. The molecule has 5 heteroatoms. The molecule has 0 aromatic carbocycles. The number of hydrogen-bond acceptors (Lipinski definition) is 3. The lowest BCUT2D eigenvalue weighted by Gasteiger charge is -2.24. The van der Waals surface area contributed by atoms with Gasteiger partial charge in [-0.25, -0.2) is 0 Å². The largest absolute Gasteiger partial charge is 0.481 e. The van der Waals surface area contributed by atoms with E-state index < -0.39 is 5.97 Å². The Morgan fingerprint density at radius 2 is 2.06 bits per heavy atom. The number of carboxylic acids is 1. The molecule has 0 unspecified atom stereocenters. The van der Waals surface area contributed by atoms with Crippen LogP contribution in [0.2, 0.25) is 0 Å². The van der Waals surface area contributed by atoms with Crippen molar-refractivity contribution in [2.45, 2.75) is 32.1 Å². The van der Waals surface area contributed by atoms with Crippen molar-refractivity contribution in [2.75, 3.05) is 26.8 Å². The Morgan fingerprint density at radius 3 is 2.67 bits per heavy atom.